The zero-order valence-corrected chi connectivity index (χ0v) is 12.0. The third-order valence-corrected chi connectivity index (χ3v) is 3.67. The van der Waals surface area contributed by atoms with E-state index in [-0.39, 0.29) is 18.2 Å². The average Bonchev–Trinajstić information content (AvgIpc) is 2.94. The molecule has 0 radical (unpaired) electrons. The summed E-state index contributed by atoms with van der Waals surface area (Å²) in [5.74, 6) is -0.299. The Kier molecular flexibility index (Phi) is 4.92. The van der Waals surface area contributed by atoms with Crippen LogP contribution in [-0.4, -0.2) is 36.2 Å². The lowest BCUT2D eigenvalue weighted by atomic mass is 10.1. The molecule has 112 valence electrons. The Hall–Kier alpha value is -2.37. The van der Waals surface area contributed by atoms with E-state index in [0.29, 0.717) is 25.9 Å². The normalized spacial score (nSPS) is 14.2. The first-order chi connectivity index (χ1) is 10.2. The van der Waals surface area contributed by atoms with Crippen molar-refractivity contribution >= 4 is 18.2 Å². The smallest absolute Gasteiger partial charge is 0.242 e. The minimum absolute atomic E-state index is 0.00666. The van der Waals surface area contributed by atoms with Crippen LogP contribution in [0.25, 0.3) is 0 Å². The summed E-state index contributed by atoms with van der Waals surface area (Å²) in [5, 5.41) is 4.91. The second-order valence-electron chi connectivity index (χ2n) is 5.01. The van der Waals surface area contributed by atoms with Crippen LogP contribution in [0, 0.1) is 0 Å². The van der Waals surface area contributed by atoms with Gasteiger partial charge in [0.25, 0.3) is 0 Å². The maximum Gasteiger partial charge on any atom is 0.242 e. The second-order valence-corrected chi connectivity index (χ2v) is 5.01. The highest BCUT2D eigenvalue weighted by atomic mass is 16.2. The molecule has 0 bridgehead atoms. The van der Waals surface area contributed by atoms with Gasteiger partial charge in [0.15, 0.2) is 0 Å². The van der Waals surface area contributed by atoms with Gasteiger partial charge in [-0.3, -0.25) is 14.4 Å². The van der Waals surface area contributed by atoms with Crippen LogP contribution in [0.2, 0.25) is 0 Å². The highest BCUT2D eigenvalue weighted by Gasteiger charge is 2.24. The van der Waals surface area contributed by atoms with Crippen LogP contribution in [0.3, 0.4) is 0 Å². The molecule has 0 spiro atoms. The van der Waals surface area contributed by atoms with E-state index >= 15 is 0 Å². The number of amides is 3. The minimum atomic E-state index is -0.665. The Morgan fingerprint density at radius 3 is 2.43 bits per heavy atom. The molecule has 0 fully saturated rings. The molecule has 3 amide bonds. The van der Waals surface area contributed by atoms with Crippen molar-refractivity contribution in [3.8, 4) is 0 Å². The lowest BCUT2D eigenvalue weighted by molar-refractivity contribution is -0.132. The summed E-state index contributed by atoms with van der Waals surface area (Å²) in [4.78, 5) is 36.0. The van der Waals surface area contributed by atoms with Gasteiger partial charge < -0.3 is 15.5 Å². The van der Waals surface area contributed by atoms with E-state index in [1.807, 2.05) is 24.3 Å². The fourth-order valence-electron chi connectivity index (χ4n) is 2.48. The number of carbonyl (C=O) groups excluding carboxylic acids is 3. The topological polar surface area (TPSA) is 78.5 Å². The van der Waals surface area contributed by atoms with Crippen LogP contribution in [0.1, 0.15) is 24.0 Å². The predicted octanol–water partition coefficient (Wildman–Crippen LogP) is 0.170. The van der Waals surface area contributed by atoms with Gasteiger partial charge in [-0.15, -0.1) is 0 Å². The van der Waals surface area contributed by atoms with Crippen LogP contribution in [0.15, 0.2) is 24.3 Å². The fraction of sp³-hybridized carbons (Fsp3) is 0.400. The van der Waals surface area contributed by atoms with E-state index in [1.165, 1.54) is 18.2 Å². The van der Waals surface area contributed by atoms with Crippen molar-refractivity contribution in [2.45, 2.75) is 32.0 Å². The van der Waals surface area contributed by atoms with Crippen LogP contribution >= 0.6 is 0 Å². The van der Waals surface area contributed by atoms with Crippen molar-refractivity contribution in [3.63, 3.8) is 0 Å². The molecule has 1 unspecified atom stereocenters. The number of carbonyl (C=O) groups is 3. The molecule has 1 atom stereocenters. The van der Waals surface area contributed by atoms with Gasteiger partial charge in [-0.1, -0.05) is 24.3 Å². The first kappa shape index (κ1) is 15.0. The summed E-state index contributed by atoms with van der Waals surface area (Å²) in [7, 11) is 1.50. The van der Waals surface area contributed by atoms with Crippen molar-refractivity contribution in [2.75, 3.05) is 7.05 Å². The molecule has 21 heavy (non-hydrogen) atoms. The largest absolute Gasteiger partial charge is 0.357 e. The number of nitrogens with zero attached hydrogens (tertiary/aromatic N) is 1. The summed E-state index contributed by atoms with van der Waals surface area (Å²) in [6.07, 6.45) is 1.01. The van der Waals surface area contributed by atoms with Crippen LogP contribution in [0.4, 0.5) is 0 Å². The highest BCUT2D eigenvalue weighted by molar-refractivity contribution is 5.84. The molecule has 0 saturated carbocycles. The van der Waals surface area contributed by atoms with E-state index in [9.17, 15) is 14.4 Å². The number of nitrogens with one attached hydrogen (secondary N) is 2. The van der Waals surface area contributed by atoms with Gasteiger partial charge in [-0.25, -0.2) is 0 Å². The summed E-state index contributed by atoms with van der Waals surface area (Å²) in [6.45, 7) is 1.22. The second kappa shape index (κ2) is 6.88. The molecule has 0 aromatic heterocycles. The lowest BCUT2D eigenvalue weighted by Gasteiger charge is -2.18. The fourth-order valence-corrected chi connectivity index (χ4v) is 2.48. The third-order valence-electron chi connectivity index (χ3n) is 3.67. The van der Waals surface area contributed by atoms with Crippen LogP contribution in [-0.2, 0) is 27.5 Å². The molecule has 1 aromatic carbocycles. The molecule has 1 heterocycles. The van der Waals surface area contributed by atoms with Crippen molar-refractivity contribution < 1.29 is 14.4 Å². The number of hydrogen-bond acceptors (Lipinski definition) is 3. The van der Waals surface area contributed by atoms with Gasteiger partial charge in [-0.2, -0.15) is 0 Å². The Balaban J connectivity index is 1.88. The Morgan fingerprint density at radius 1 is 1.29 bits per heavy atom. The van der Waals surface area contributed by atoms with Crippen molar-refractivity contribution in [1.82, 2.24) is 15.5 Å². The minimum Gasteiger partial charge on any atom is -0.357 e. The SMILES string of the molecule is CNC(=O)C(CCC(=O)N1Cc2ccccc2C1)NC=O. The van der Waals surface area contributed by atoms with Crippen molar-refractivity contribution in [3.05, 3.63) is 35.4 Å². The highest BCUT2D eigenvalue weighted by Crippen LogP contribution is 2.23. The van der Waals surface area contributed by atoms with E-state index in [1.54, 1.807) is 4.90 Å². The average molecular weight is 289 g/mol. The molecule has 6 nitrogen and oxygen atoms in total. The summed E-state index contributed by atoms with van der Waals surface area (Å²) < 4.78 is 0. The maximum atomic E-state index is 12.2. The molecule has 6 heteroatoms. The third kappa shape index (κ3) is 3.59. The zero-order valence-electron chi connectivity index (χ0n) is 12.0. The molecular formula is C15H19N3O3. The van der Waals surface area contributed by atoms with E-state index < -0.39 is 6.04 Å². The maximum absolute atomic E-state index is 12.2. The van der Waals surface area contributed by atoms with Crippen LogP contribution in [0.5, 0.6) is 0 Å². The zero-order chi connectivity index (χ0) is 15.2. The van der Waals surface area contributed by atoms with E-state index in [2.05, 4.69) is 10.6 Å². The molecule has 2 rings (SSSR count). The summed E-state index contributed by atoms with van der Waals surface area (Å²) in [5.41, 5.74) is 2.33. The van der Waals surface area contributed by atoms with Gasteiger partial charge in [-0.05, 0) is 17.5 Å². The molecule has 2 N–H and O–H groups in total. The van der Waals surface area contributed by atoms with Gasteiger partial charge >= 0.3 is 0 Å². The Labute approximate surface area is 123 Å². The van der Waals surface area contributed by atoms with E-state index in [0.717, 1.165) is 0 Å². The van der Waals surface area contributed by atoms with Crippen LogP contribution < -0.4 is 10.6 Å². The molecule has 0 saturated heterocycles. The molecule has 1 aliphatic heterocycles. The summed E-state index contributed by atoms with van der Waals surface area (Å²) >= 11 is 0. The number of rotatable bonds is 6. The quantitative estimate of drug-likeness (QED) is 0.733. The molecule has 0 aliphatic carbocycles. The van der Waals surface area contributed by atoms with Gasteiger partial charge in [0.1, 0.15) is 6.04 Å². The molecule has 1 aromatic rings. The lowest BCUT2D eigenvalue weighted by Crippen LogP contribution is -2.43. The number of fused-ring (bicyclic) bond motifs is 1. The molecule has 1 aliphatic rings. The van der Waals surface area contributed by atoms with Gasteiger partial charge in [0, 0.05) is 26.6 Å². The van der Waals surface area contributed by atoms with E-state index in [4.69, 9.17) is 0 Å². The summed E-state index contributed by atoms with van der Waals surface area (Å²) in [6, 6.07) is 7.29. The van der Waals surface area contributed by atoms with Crippen molar-refractivity contribution in [2.24, 2.45) is 0 Å². The molecular weight excluding hydrogens is 270 g/mol. The Bertz CT molecular complexity index is 520. The monoisotopic (exact) mass is 289 g/mol. The van der Waals surface area contributed by atoms with Gasteiger partial charge in [0.2, 0.25) is 18.2 Å². The number of hydrogen-bond donors (Lipinski definition) is 2. The Morgan fingerprint density at radius 2 is 1.90 bits per heavy atom. The number of likely N-dealkylation sites (N-methyl/N-ethyl adjacent to an activating group) is 1. The number of benzene rings is 1. The first-order valence-electron chi connectivity index (χ1n) is 6.91. The predicted molar refractivity (Wildman–Crippen MR) is 77.0 cm³/mol. The first-order valence-corrected chi connectivity index (χ1v) is 6.91. The van der Waals surface area contributed by atoms with Gasteiger partial charge in [0.05, 0.1) is 0 Å². The van der Waals surface area contributed by atoms with Crippen molar-refractivity contribution in [1.29, 1.82) is 0 Å². The standard InChI is InChI=1S/C15H19N3O3/c1-16-15(21)13(17-10-19)6-7-14(20)18-8-11-4-2-3-5-12(11)9-18/h2-5,10,13H,6-9H2,1H3,(H,16,21)(H,17,19).